The molecule has 4 rings (SSSR count). The van der Waals surface area contributed by atoms with Crippen molar-refractivity contribution in [1.82, 2.24) is 0 Å². The highest BCUT2D eigenvalue weighted by atomic mass is 16.7. The number of nitrogens with zero attached hydrogens (tertiary/aromatic N) is 1. The van der Waals surface area contributed by atoms with E-state index in [0.29, 0.717) is 0 Å². The predicted octanol–water partition coefficient (Wildman–Crippen LogP) is 2.92. The molecule has 2 aromatic carbocycles. The number of para-hydroxylation sites is 1. The van der Waals surface area contributed by atoms with Gasteiger partial charge in [0.05, 0.1) is 5.56 Å². The number of hydrogen-bond acceptors (Lipinski definition) is 3. The summed E-state index contributed by atoms with van der Waals surface area (Å²) >= 11 is 0. The Morgan fingerprint density at radius 1 is 1.00 bits per heavy atom. The maximum atomic E-state index is 5.98. The van der Waals surface area contributed by atoms with Crippen LogP contribution in [-0.4, -0.2) is 23.8 Å². The lowest BCUT2D eigenvalue weighted by molar-refractivity contribution is -0.522. The van der Waals surface area contributed by atoms with E-state index < -0.39 is 0 Å². The van der Waals surface area contributed by atoms with E-state index in [9.17, 15) is 0 Å². The highest BCUT2D eigenvalue weighted by molar-refractivity contribution is 5.83. The molecular formula is C16H14NO3+. The highest BCUT2D eigenvalue weighted by Crippen LogP contribution is 2.39. The predicted molar refractivity (Wildman–Crippen MR) is 74.2 cm³/mol. The van der Waals surface area contributed by atoms with Crippen LogP contribution in [0.2, 0.25) is 0 Å². The van der Waals surface area contributed by atoms with E-state index in [1.54, 1.807) is 0 Å². The minimum absolute atomic E-state index is 0.0646. The minimum atomic E-state index is -0.0646. The average molecular weight is 268 g/mol. The molecule has 2 heterocycles. The van der Waals surface area contributed by atoms with Crippen molar-refractivity contribution >= 4 is 11.9 Å². The number of fused-ring (bicyclic) bond motifs is 2. The summed E-state index contributed by atoms with van der Waals surface area (Å²) in [6.45, 7) is 2.30. The summed E-state index contributed by atoms with van der Waals surface area (Å²) in [6.07, 6.45) is 2.02. The van der Waals surface area contributed by atoms with Crippen LogP contribution in [0.5, 0.6) is 17.2 Å². The van der Waals surface area contributed by atoms with Crippen molar-refractivity contribution in [1.29, 1.82) is 0 Å². The van der Waals surface area contributed by atoms with E-state index >= 15 is 0 Å². The first-order chi connectivity index (χ1) is 9.81. The molecule has 2 aliphatic rings. The first-order valence-electron chi connectivity index (χ1n) is 6.60. The molecule has 1 unspecified atom stereocenters. The lowest BCUT2D eigenvalue weighted by Gasteiger charge is -2.19. The molecule has 4 nitrogen and oxygen atoms in total. The van der Waals surface area contributed by atoms with Crippen LogP contribution in [0.1, 0.15) is 12.5 Å². The van der Waals surface area contributed by atoms with Gasteiger partial charge in [-0.05, 0) is 0 Å². The summed E-state index contributed by atoms with van der Waals surface area (Å²) in [6, 6.07) is 14.0. The fourth-order valence-electron chi connectivity index (χ4n) is 2.52. The van der Waals surface area contributed by atoms with Crippen LogP contribution >= 0.6 is 0 Å². The van der Waals surface area contributed by atoms with Crippen molar-refractivity contribution in [3.63, 3.8) is 0 Å². The molecule has 2 aromatic rings. The van der Waals surface area contributed by atoms with Gasteiger partial charge in [0.25, 0.3) is 6.23 Å². The van der Waals surface area contributed by atoms with Crippen LogP contribution in [0.15, 0.2) is 42.5 Å². The Morgan fingerprint density at radius 3 is 2.55 bits per heavy atom. The van der Waals surface area contributed by atoms with Gasteiger partial charge < -0.3 is 14.2 Å². The fourth-order valence-corrected chi connectivity index (χ4v) is 2.52. The minimum Gasteiger partial charge on any atom is -0.454 e. The van der Waals surface area contributed by atoms with E-state index in [1.807, 2.05) is 37.3 Å². The zero-order valence-corrected chi connectivity index (χ0v) is 11.1. The number of rotatable bonds is 1. The summed E-state index contributed by atoms with van der Waals surface area (Å²) < 4.78 is 18.9. The van der Waals surface area contributed by atoms with Gasteiger partial charge in [-0.15, -0.1) is 0 Å². The Morgan fingerprint density at radius 2 is 1.75 bits per heavy atom. The largest absolute Gasteiger partial charge is 0.454 e. The van der Waals surface area contributed by atoms with Crippen LogP contribution in [0.3, 0.4) is 0 Å². The van der Waals surface area contributed by atoms with Crippen LogP contribution in [0.4, 0.5) is 5.69 Å². The van der Waals surface area contributed by atoms with Gasteiger partial charge in [0, 0.05) is 31.2 Å². The maximum Gasteiger partial charge on any atom is 0.299 e. The highest BCUT2D eigenvalue weighted by Gasteiger charge is 2.29. The molecule has 0 spiro atoms. The normalized spacial score (nSPS) is 19.1. The second-order valence-electron chi connectivity index (χ2n) is 4.83. The molecule has 1 atom stereocenters. The molecule has 100 valence electrons. The molecule has 0 saturated carbocycles. The third kappa shape index (κ3) is 1.72. The van der Waals surface area contributed by atoms with Crippen LogP contribution < -0.4 is 14.2 Å². The van der Waals surface area contributed by atoms with Crippen molar-refractivity contribution in [2.75, 3.05) is 6.79 Å². The number of ether oxygens (including phenoxy) is 3. The summed E-state index contributed by atoms with van der Waals surface area (Å²) in [5.74, 6) is 2.35. The van der Waals surface area contributed by atoms with Gasteiger partial charge in [0.2, 0.25) is 12.5 Å². The molecule has 0 fully saturated rings. The molecule has 0 N–H and O–H groups in total. The van der Waals surface area contributed by atoms with Crippen molar-refractivity contribution < 1.29 is 18.8 Å². The second-order valence-corrected chi connectivity index (χ2v) is 4.83. The van der Waals surface area contributed by atoms with Crippen molar-refractivity contribution in [3.8, 4) is 17.2 Å². The smallest absolute Gasteiger partial charge is 0.299 e. The van der Waals surface area contributed by atoms with Crippen LogP contribution in [-0.2, 0) is 0 Å². The SMILES string of the molecule is CC1Oc2cc3c(cc2C=[N+]1c1ccccc1)OCO3. The van der Waals surface area contributed by atoms with Crippen LogP contribution in [0, 0.1) is 0 Å². The zero-order chi connectivity index (χ0) is 13.5. The molecular weight excluding hydrogens is 254 g/mol. The van der Waals surface area contributed by atoms with Crippen molar-refractivity contribution in [2.24, 2.45) is 0 Å². The Balaban J connectivity index is 1.83. The quantitative estimate of drug-likeness (QED) is 0.745. The molecule has 0 aliphatic carbocycles. The molecule has 20 heavy (non-hydrogen) atoms. The van der Waals surface area contributed by atoms with Gasteiger partial charge >= 0.3 is 0 Å². The van der Waals surface area contributed by atoms with Gasteiger partial charge in [0.1, 0.15) is 5.75 Å². The van der Waals surface area contributed by atoms with Gasteiger partial charge in [-0.25, -0.2) is 0 Å². The molecule has 0 saturated heterocycles. The van der Waals surface area contributed by atoms with E-state index in [0.717, 1.165) is 28.5 Å². The Hall–Kier alpha value is -2.49. The molecule has 0 aromatic heterocycles. The van der Waals surface area contributed by atoms with Crippen molar-refractivity contribution in [2.45, 2.75) is 13.2 Å². The van der Waals surface area contributed by atoms with E-state index in [2.05, 4.69) is 22.9 Å². The van der Waals surface area contributed by atoms with Gasteiger partial charge in [-0.1, -0.05) is 18.2 Å². The average Bonchev–Trinajstić information content (AvgIpc) is 2.92. The topological polar surface area (TPSA) is 30.7 Å². The van der Waals surface area contributed by atoms with Crippen LogP contribution in [0.25, 0.3) is 0 Å². The standard InChI is InChI=1S/C16H14NO3/c1-11-17(13-5-3-2-4-6-13)9-12-7-15-16(19-10-18-15)8-14(12)20-11/h2-9,11H,10H2,1H3/q+1. The zero-order valence-electron chi connectivity index (χ0n) is 11.1. The van der Waals surface area contributed by atoms with Gasteiger partial charge in [0.15, 0.2) is 17.7 Å². The summed E-state index contributed by atoms with van der Waals surface area (Å²) in [7, 11) is 0. The number of hydrogen-bond donors (Lipinski definition) is 0. The molecule has 4 heteroatoms. The lowest BCUT2D eigenvalue weighted by atomic mass is 10.1. The number of benzene rings is 2. The third-order valence-corrected chi connectivity index (χ3v) is 3.53. The first-order valence-corrected chi connectivity index (χ1v) is 6.60. The Labute approximate surface area is 116 Å². The second kappa shape index (κ2) is 4.27. The van der Waals surface area contributed by atoms with E-state index in [1.165, 1.54) is 0 Å². The van der Waals surface area contributed by atoms with Gasteiger partial charge in [-0.2, -0.15) is 4.58 Å². The Bertz CT molecular complexity index is 694. The molecule has 0 bridgehead atoms. The molecule has 2 aliphatic heterocycles. The first kappa shape index (κ1) is 11.3. The summed E-state index contributed by atoms with van der Waals surface area (Å²) in [5, 5.41) is 0. The summed E-state index contributed by atoms with van der Waals surface area (Å²) in [5.41, 5.74) is 2.10. The maximum absolute atomic E-state index is 5.98. The molecule has 0 radical (unpaired) electrons. The Kier molecular flexibility index (Phi) is 2.42. The van der Waals surface area contributed by atoms with Gasteiger partial charge in [-0.3, -0.25) is 0 Å². The van der Waals surface area contributed by atoms with E-state index in [4.69, 9.17) is 14.2 Å². The summed E-state index contributed by atoms with van der Waals surface area (Å²) in [4.78, 5) is 0. The van der Waals surface area contributed by atoms with E-state index in [-0.39, 0.29) is 13.0 Å². The van der Waals surface area contributed by atoms with Crippen molar-refractivity contribution in [3.05, 3.63) is 48.0 Å². The lowest BCUT2D eigenvalue weighted by Crippen LogP contribution is -2.30. The molecule has 0 amide bonds. The monoisotopic (exact) mass is 268 g/mol. The fraction of sp³-hybridized carbons (Fsp3) is 0.188. The third-order valence-electron chi connectivity index (χ3n) is 3.53.